The Hall–Kier alpha value is -1.94. The molecule has 0 atom stereocenters. The number of aryl methyl sites for hydroxylation is 1. The summed E-state index contributed by atoms with van der Waals surface area (Å²) in [5, 5.41) is 2.10. The van der Waals surface area contributed by atoms with Gasteiger partial charge >= 0.3 is 0 Å². The van der Waals surface area contributed by atoms with Crippen molar-refractivity contribution in [3.8, 4) is 11.5 Å². The molecule has 0 fully saturated rings. The van der Waals surface area contributed by atoms with Crippen LogP contribution in [0.15, 0.2) is 29.6 Å². The molecule has 0 amide bonds. The number of nitrogens with one attached hydrogen (secondary N) is 1. The Bertz CT molecular complexity index is 714. The van der Waals surface area contributed by atoms with Crippen molar-refractivity contribution in [1.29, 1.82) is 0 Å². The van der Waals surface area contributed by atoms with E-state index in [1.165, 1.54) is 21.5 Å². The van der Waals surface area contributed by atoms with Crippen LogP contribution < -0.4 is 9.47 Å². The zero-order valence-corrected chi connectivity index (χ0v) is 12.6. The molecule has 104 valence electrons. The van der Waals surface area contributed by atoms with Crippen LogP contribution in [0.4, 0.5) is 0 Å². The Morgan fingerprint density at radius 2 is 2.00 bits per heavy atom. The third-order valence-electron chi connectivity index (χ3n) is 3.41. The van der Waals surface area contributed by atoms with Gasteiger partial charge in [0.05, 0.1) is 24.4 Å². The molecule has 1 N–H and O–H groups in total. The van der Waals surface area contributed by atoms with Crippen molar-refractivity contribution < 1.29 is 9.47 Å². The predicted molar refractivity (Wildman–Crippen MR) is 83.3 cm³/mol. The average molecular weight is 287 g/mol. The van der Waals surface area contributed by atoms with Crippen molar-refractivity contribution in [2.45, 2.75) is 13.3 Å². The maximum Gasteiger partial charge on any atom is 0.163 e. The van der Waals surface area contributed by atoms with Gasteiger partial charge in [-0.25, -0.2) is 0 Å². The summed E-state index contributed by atoms with van der Waals surface area (Å²) in [6.45, 7) is 2.04. The van der Waals surface area contributed by atoms with Crippen LogP contribution in [0.1, 0.15) is 16.8 Å². The molecule has 4 heteroatoms. The van der Waals surface area contributed by atoms with Crippen LogP contribution in [0.2, 0.25) is 0 Å². The second-order valence-electron chi connectivity index (χ2n) is 4.82. The summed E-state index contributed by atoms with van der Waals surface area (Å²) in [6, 6.07) is 8.52. The molecule has 0 unspecified atom stereocenters. The highest BCUT2D eigenvalue weighted by Gasteiger charge is 2.10. The van der Waals surface area contributed by atoms with Crippen molar-refractivity contribution >= 4 is 21.6 Å². The molecule has 0 radical (unpaired) electrons. The highest BCUT2D eigenvalue weighted by atomic mass is 32.1. The van der Waals surface area contributed by atoms with Crippen molar-refractivity contribution in [2.24, 2.45) is 0 Å². The fourth-order valence-corrected chi connectivity index (χ4v) is 3.35. The molecule has 0 aliphatic heterocycles. The van der Waals surface area contributed by atoms with Crippen LogP contribution in [-0.2, 0) is 6.42 Å². The van der Waals surface area contributed by atoms with Gasteiger partial charge in [0.1, 0.15) is 0 Å². The normalized spacial score (nSPS) is 10.9. The van der Waals surface area contributed by atoms with Crippen LogP contribution in [0, 0.1) is 6.92 Å². The fraction of sp³-hybridized carbons (Fsp3) is 0.250. The molecule has 0 spiro atoms. The Morgan fingerprint density at radius 3 is 2.70 bits per heavy atom. The molecular weight excluding hydrogens is 270 g/mol. The van der Waals surface area contributed by atoms with Gasteiger partial charge in [0, 0.05) is 12.1 Å². The van der Waals surface area contributed by atoms with Gasteiger partial charge in [0.2, 0.25) is 0 Å². The number of aromatic amines is 1. The van der Waals surface area contributed by atoms with Crippen LogP contribution in [0.25, 0.3) is 10.2 Å². The first kappa shape index (κ1) is 13.1. The summed E-state index contributed by atoms with van der Waals surface area (Å²) in [4.78, 5) is 3.45. The largest absolute Gasteiger partial charge is 0.493 e. The van der Waals surface area contributed by atoms with Crippen LogP contribution in [0.5, 0.6) is 11.5 Å². The molecule has 3 aromatic rings. The lowest BCUT2D eigenvalue weighted by molar-refractivity contribution is 0.352. The Balaban J connectivity index is 1.94. The number of benzene rings is 1. The van der Waals surface area contributed by atoms with E-state index >= 15 is 0 Å². The number of methoxy groups -OCH3 is 2. The van der Waals surface area contributed by atoms with Gasteiger partial charge in [-0.3, -0.25) is 0 Å². The van der Waals surface area contributed by atoms with Gasteiger partial charge in [-0.1, -0.05) is 6.07 Å². The van der Waals surface area contributed by atoms with Gasteiger partial charge in [-0.15, -0.1) is 11.3 Å². The third-order valence-corrected chi connectivity index (χ3v) is 4.28. The standard InChI is InChI=1S/C16H17NO2S/c1-10-6-11(8-14(18-2)16(10)19-3)7-12-9-15-13(17-12)4-5-20-15/h4-6,8-9,17H,7H2,1-3H3. The lowest BCUT2D eigenvalue weighted by atomic mass is 10.1. The maximum absolute atomic E-state index is 5.41. The Kier molecular flexibility index (Phi) is 3.40. The Labute approximate surface area is 122 Å². The first-order valence-corrected chi connectivity index (χ1v) is 7.36. The van der Waals surface area contributed by atoms with Crippen molar-refractivity contribution in [1.82, 2.24) is 4.98 Å². The van der Waals surface area contributed by atoms with Gasteiger partial charge in [0.25, 0.3) is 0 Å². The topological polar surface area (TPSA) is 34.2 Å². The number of hydrogen-bond donors (Lipinski definition) is 1. The number of rotatable bonds is 4. The van der Waals surface area contributed by atoms with Gasteiger partial charge in [-0.2, -0.15) is 0 Å². The summed E-state index contributed by atoms with van der Waals surface area (Å²) < 4.78 is 12.1. The monoisotopic (exact) mass is 287 g/mol. The summed E-state index contributed by atoms with van der Waals surface area (Å²) >= 11 is 1.76. The lowest BCUT2D eigenvalue weighted by Gasteiger charge is -2.12. The summed E-state index contributed by atoms with van der Waals surface area (Å²) in [5.74, 6) is 1.60. The van der Waals surface area contributed by atoms with E-state index in [-0.39, 0.29) is 0 Å². The number of H-pyrrole nitrogens is 1. The summed E-state index contributed by atoms with van der Waals surface area (Å²) in [6.07, 6.45) is 0.864. The third kappa shape index (κ3) is 2.27. The molecule has 2 aromatic heterocycles. The molecular formula is C16H17NO2S. The van der Waals surface area contributed by atoms with E-state index in [9.17, 15) is 0 Å². The lowest BCUT2D eigenvalue weighted by Crippen LogP contribution is -1.96. The van der Waals surface area contributed by atoms with E-state index in [4.69, 9.17) is 9.47 Å². The smallest absolute Gasteiger partial charge is 0.163 e. The number of ether oxygens (including phenoxy) is 2. The van der Waals surface area contributed by atoms with E-state index in [0.717, 1.165) is 23.5 Å². The quantitative estimate of drug-likeness (QED) is 0.782. The van der Waals surface area contributed by atoms with E-state index in [1.54, 1.807) is 25.6 Å². The molecule has 0 saturated carbocycles. The average Bonchev–Trinajstić information content (AvgIpc) is 2.98. The molecule has 1 aromatic carbocycles. The van der Waals surface area contributed by atoms with E-state index in [0.29, 0.717) is 0 Å². The van der Waals surface area contributed by atoms with Crippen molar-refractivity contribution in [3.05, 3.63) is 46.5 Å². The van der Waals surface area contributed by atoms with Crippen LogP contribution in [-0.4, -0.2) is 19.2 Å². The highest BCUT2D eigenvalue weighted by Crippen LogP contribution is 2.33. The minimum absolute atomic E-state index is 0.788. The van der Waals surface area contributed by atoms with Crippen LogP contribution in [0.3, 0.4) is 0 Å². The van der Waals surface area contributed by atoms with Crippen molar-refractivity contribution in [2.75, 3.05) is 14.2 Å². The first-order valence-electron chi connectivity index (χ1n) is 6.48. The molecule has 20 heavy (non-hydrogen) atoms. The number of thiophene rings is 1. The molecule has 0 aliphatic rings. The molecule has 2 heterocycles. The number of hydrogen-bond acceptors (Lipinski definition) is 3. The SMILES string of the molecule is COc1cc(Cc2cc3sccc3[nH]2)cc(C)c1OC. The van der Waals surface area contributed by atoms with Crippen LogP contribution >= 0.6 is 11.3 Å². The van der Waals surface area contributed by atoms with Gasteiger partial charge in [-0.05, 0) is 41.6 Å². The minimum Gasteiger partial charge on any atom is -0.493 e. The minimum atomic E-state index is 0.788. The van der Waals surface area contributed by atoms with Gasteiger partial charge in [0.15, 0.2) is 11.5 Å². The van der Waals surface area contributed by atoms with E-state index < -0.39 is 0 Å². The zero-order valence-electron chi connectivity index (χ0n) is 11.8. The molecule has 0 saturated heterocycles. The second kappa shape index (κ2) is 5.21. The summed E-state index contributed by atoms with van der Waals surface area (Å²) in [7, 11) is 3.34. The van der Waals surface area contributed by atoms with E-state index in [1.807, 2.05) is 13.0 Å². The van der Waals surface area contributed by atoms with E-state index in [2.05, 4.69) is 28.6 Å². The molecule has 0 aliphatic carbocycles. The summed E-state index contributed by atoms with van der Waals surface area (Å²) in [5.41, 5.74) is 4.74. The molecule has 0 bridgehead atoms. The Morgan fingerprint density at radius 1 is 1.15 bits per heavy atom. The van der Waals surface area contributed by atoms with Gasteiger partial charge < -0.3 is 14.5 Å². The first-order chi connectivity index (χ1) is 9.71. The fourth-order valence-electron chi connectivity index (χ4n) is 2.55. The van der Waals surface area contributed by atoms with Crippen molar-refractivity contribution in [3.63, 3.8) is 0 Å². The predicted octanol–water partition coefficient (Wildman–Crippen LogP) is 4.15. The zero-order chi connectivity index (χ0) is 14.1. The molecule has 3 nitrogen and oxygen atoms in total. The molecule has 3 rings (SSSR count). The maximum atomic E-state index is 5.41. The highest BCUT2D eigenvalue weighted by molar-refractivity contribution is 7.17. The second-order valence-corrected chi connectivity index (χ2v) is 5.77. The number of aromatic nitrogens is 1. The number of fused-ring (bicyclic) bond motifs is 1.